The van der Waals surface area contributed by atoms with Crippen LogP contribution in [0.1, 0.15) is 27.7 Å². The van der Waals surface area contributed by atoms with Crippen LogP contribution in [0.3, 0.4) is 0 Å². The zero-order valence-electron chi connectivity index (χ0n) is 11.5. The maximum Gasteiger partial charge on any atom is 0.493 e. The van der Waals surface area contributed by atoms with Crippen LogP contribution in [0.2, 0.25) is 0 Å². The number of aliphatic hydroxyl groups is 1. The van der Waals surface area contributed by atoms with E-state index in [9.17, 15) is 10.1 Å². The predicted molar refractivity (Wildman–Crippen MR) is 73.0 cm³/mol. The van der Waals surface area contributed by atoms with Gasteiger partial charge in [0, 0.05) is 17.0 Å². The van der Waals surface area contributed by atoms with E-state index in [2.05, 4.69) is 15.2 Å². The topological polar surface area (TPSA) is 91.3 Å². The van der Waals surface area contributed by atoms with Crippen molar-refractivity contribution < 1.29 is 14.8 Å². The lowest BCUT2D eigenvalue weighted by Crippen LogP contribution is -2.53. The van der Waals surface area contributed by atoms with Crippen molar-refractivity contribution in [2.24, 2.45) is 0 Å². The molecule has 0 atom stereocenters. The van der Waals surface area contributed by atoms with Crippen LogP contribution in [0.4, 0.5) is 0 Å². The Morgan fingerprint density at radius 3 is 2.58 bits per heavy atom. The molecule has 6 nitrogen and oxygen atoms in total. The molecule has 0 unspecified atom stereocenters. The molecular formula is C12H18BN3O3. The van der Waals surface area contributed by atoms with E-state index in [1.165, 1.54) is 6.20 Å². The lowest BCUT2D eigenvalue weighted by Gasteiger charge is -2.38. The first-order chi connectivity index (χ1) is 8.71. The first-order valence-electron chi connectivity index (χ1n) is 6.08. The average Bonchev–Trinajstić information content (AvgIpc) is 2.73. The second-order valence-corrected chi connectivity index (χ2v) is 5.62. The third-order valence-electron chi connectivity index (χ3n) is 3.48. The molecule has 0 spiro atoms. The Bertz CT molecular complexity index is 577. The molecule has 2 aromatic heterocycles. The highest BCUT2D eigenvalue weighted by Crippen LogP contribution is 2.25. The van der Waals surface area contributed by atoms with Crippen molar-refractivity contribution in [2.75, 3.05) is 0 Å². The smallest absolute Gasteiger partial charge is 0.423 e. The summed E-state index contributed by atoms with van der Waals surface area (Å²) in [5, 5.41) is 27.5. The van der Waals surface area contributed by atoms with E-state index in [-0.39, 0.29) is 0 Å². The van der Waals surface area contributed by atoms with Gasteiger partial charge in [-0.1, -0.05) is 0 Å². The summed E-state index contributed by atoms with van der Waals surface area (Å²) in [6.45, 7) is 6.72. The summed E-state index contributed by atoms with van der Waals surface area (Å²) in [6, 6.07) is 1.75. The van der Waals surface area contributed by atoms with Gasteiger partial charge in [0.25, 0.3) is 0 Å². The number of aromatic amines is 1. The van der Waals surface area contributed by atoms with Crippen LogP contribution in [0.5, 0.6) is 0 Å². The lowest BCUT2D eigenvalue weighted by atomic mass is 9.77. The van der Waals surface area contributed by atoms with Gasteiger partial charge in [-0.2, -0.15) is 5.10 Å². The number of pyridine rings is 1. The Kier molecular flexibility index (Phi) is 3.38. The normalized spacial score (nSPS) is 12.9. The SMILES string of the molecule is CC(C)(O)C(C)(C)OB(O)c1cnc2[nH]ncc2c1. The zero-order valence-corrected chi connectivity index (χ0v) is 11.5. The molecule has 0 aliphatic carbocycles. The molecule has 0 saturated carbocycles. The fourth-order valence-electron chi connectivity index (χ4n) is 1.48. The quantitative estimate of drug-likeness (QED) is 0.686. The van der Waals surface area contributed by atoms with Crippen molar-refractivity contribution in [3.63, 3.8) is 0 Å². The van der Waals surface area contributed by atoms with Gasteiger partial charge in [0.15, 0.2) is 5.65 Å². The molecule has 102 valence electrons. The Labute approximate surface area is 112 Å². The number of hydrogen-bond acceptors (Lipinski definition) is 5. The average molecular weight is 263 g/mol. The summed E-state index contributed by atoms with van der Waals surface area (Å²) in [7, 11) is -1.16. The van der Waals surface area contributed by atoms with E-state index in [0.29, 0.717) is 11.1 Å². The highest BCUT2D eigenvalue weighted by Gasteiger charge is 2.39. The molecule has 0 amide bonds. The summed E-state index contributed by atoms with van der Waals surface area (Å²) in [6.07, 6.45) is 3.14. The number of fused-ring (bicyclic) bond motifs is 1. The van der Waals surface area contributed by atoms with Gasteiger partial charge in [0.1, 0.15) is 0 Å². The van der Waals surface area contributed by atoms with Crippen molar-refractivity contribution in [2.45, 2.75) is 38.9 Å². The van der Waals surface area contributed by atoms with Gasteiger partial charge in [-0.05, 0) is 33.8 Å². The monoisotopic (exact) mass is 263 g/mol. The second-order valence-electron chi connectivity index (χ2n) is 5.62. The number of nitrogens with one attached hydrogen (secondary N) is 1. The number of hydrogen-bond donors (Lipinski definition) is 3. The van der Waals surface area contributed by atoms with Crippen LogP contribution in [0, 0.1) is 0 Å². The number of nitrogens with zero attached hydrogens (tertiary/aromatic N) is 2. The molecule has 2 aromatic rings. The Balaban J connectivity index is 2.22. The number of aromatic nitrogens is 3. The molecule has 2 rings (SSSR count). The molecule has 19 heavy (non-hydrogen) atoms. The Morgan fingerprint density at radius 2 is 1.95 bits per heavy atom. The fraction of sp³-hybridized carbons (Fsp3) is 0.500. The third kappa shape index (κ3) is 2.78. The minimum atomic E-state index is -1.16. The molecule has 0 aromatic carbocycles. The third-order valence-corrected chi connectivity index (χ3v) is 3.48. The summed E-state index contributed by atoms with van der Waals surface area (Å²) in [5.74, 6) is 0. The molecule has 0 bridgehead atoms. The van der Waals surface area contributed by atoms with Crippen molar-refractivity contribution in [3.8, 4) is 0 Å². The molecule has 3 N–H and O–H groups in total. The van der Waals surface area contributed by atoms with Gasteiger partial charge in [0.2, 0.25) is 0 Å². The summed E-state index contributed by atoms with van der Waals surface area (Å²) in [4.78, 5) is 4.13. The molecule has 2 heterocycles. The summed E-state index contributed by atoms with van der Waals surface area (Å²) < 4.78 is 5.55. The van der Waals surface area contributed by atoms with Gasteiger partial charge in [-0.25, -0.2) is 4.98 Å². The lowest BCUT2D eigenvalue weighted by molar-refractivity contribution is -0.0982. The number of rotatable bonds is 4. The van der Waals surface area contributed by atoms with E-state index in [4.69, 9.17) is 4.65 Å². The van der Waals surface area contributed by atoms with Gasteiger partial charge in [0.05, 0.1) is 17.4 Å². The minimum absolute atomic E-state index is 0.520. The highest BCUT2D eigenvalue weighted by molar-refractivity contribution is 6.60. The van der Waals surface area contributed by atoms with Gasteiger partial charge in [-0.15, -0.1) is 0 Å². The van der Waals surface area contributed by atoms with Crippen molar-refractivity contribution in [1.29, 1.82) is 0 Å². The molecule has 0 aliphatic rings. The van der Waals surface area contributed by atoms with E-state index in [1.54, 1.807) is 40.0 Å². The fourth-order valence-corrected chi connectivity index (χ4v) is 1.48. The van der Waals surface area contributed by atoms with Crippen LogP contribution in [-0.4, -0.2) is 43.6 Å². The molecule has 0 fully saturated rings. The van der Waals surface area contributed by atoms with Crippen molar-refractivity contribution in [1.82, 2.24) is 15.2 Å². The van der Waals surface area contributed by atoms with Crippen LogP contribution >= 0.6 is 0 Å². The van der Waals surface area contributed by atoms with Crippen LogP contribution < -0.4 is 5.46 Å². The minimum Gasteiger partial charge on any atom is -0.423 e. The van der Waals surface area contributed by atoms with E-state index in [1.807, 2.05) is 0 Å². The van der Waals surface area contributed by atoms with Gasteiger partial charge >= 0.3 is 7.12 Å². The molecular weight excluding hydrogens is 245 g/mol. The van der Waals surface area contributed by atoms with Gasteiger partial charge in [-0.3, -0.25) is 5.10 Å². The highest BCUT2D eigenvalue weighted by atomic mass is 16.5. The summed E-state index contributed by atoms with van der Waals surface area (Å²) >= 11 is 0. The predicted octanol–water partition coefficient (Wildman–Crippen LogP) is 0.211. The molecule has 0 radical (unpaired) electrons. The Hall–Kier alpha value is -1.44. The number of H-pyrrole nitrogens is 1. The van der Waals surface area contributed by atoms with Gasteiger partial charge < -0.3 is 14.8 Å². The zero-order chi connectivity index (χ0) is 14.3. The standard InChI is InChI=1S/C12H18BN3O3/c1-11(2,17)12(3,4)19-13(18)9-5-8-6-15-16-10(8)14-7-9/h5-7,17-18H,1-4H3,(H,14,15,16). The molecule has 7 heteroatoms. The van der Waals surface area contributed by atoms with Crippen LogP contribution in [0.25, 0.3) is 11.0 Å². The van der Waals surface area contributed by atoms with Crippen molar-refractivity contribution >= 4 is 23.6 Å². The largest absolute Gasteiger partial charge is 0.493 e. The first kappa shape index (κ1) is 14.0. The molecule has 0 saturated heterocycles. The van der Waals surface area contributed by atoms with Crippen molar-refractivity contribution in [3.05, 3.63) is 18.5 Å². The van der Waals surface area contributed by atoms with E-state index < -0.39 is 18.3 Å². The maximum absolute atomic E-state index is 10.1. The van der Waals surface area contributed by atoms with E-state index in [0.717, 1.165) is 5.39 Å². The van der Waals surface area contributed by atoms with E-state index >= 15 is 0 Å². The second kappa shape index (κ2) is 4.59. The first-order valence-corrected chi connectivity index (χ1v) is 6.08. The summed E-state index contributed by atoms with van der Waals surface area (Å²) in [5.41, 5.74) is -0.817. The molecule has 0 aliphatic heterocycles. The maximum atomic E-state index is 10.1. The van der Waals surface area contributed by atoms with Crippen LogP contribution in [0.15, 0.2) is 18.5 Å². The van der Waals surface area contributed by atoms with Crippen LogP contribution in [-0.2, 0) is 4.65 Å². The Morgan fingerprint density at radius 1 is 1.26 bits per heavy atom.